The van der Waals surface area contributed by atoms with Gasteiger partial charge in [-0.15, -0.1) is 0 Å². The summed E-state index contributed by atoms with van der Waals surface area (Å²) in [5, 5.41) is 13.6. The van der Waals surface area contributed by atoms with Crippen molar-refractivity contribution in [3.8, 4) is 16.9 Å². The minimum absolute atomic E-state index is 0.0217. The molecule has 8 heteroatoms. The van der Waals surface area contributed by atoms with Crippen LogP contribution < -0.4 is 10.1 Å². The van der Waals surface area contributed by atoms with Crippen LogP contribution in [-0.2, 0) is 9.53 Å². The number of esters is 1. The topological polar surface area (TPSA) is 108 Å². The van der Waals surface area contributed by atoms with Crippen molar-refractivity contribution >= 4 is 23.3 Å². The Morgan fingerprint density at radius 3 is 2.40 bits per heavy atom. The van der Waals surface area contributed by atoms with Gasteiger partial charge in [0.05, 0.1) is 23.7 Å². The van der Waals surface area contributed by atoms with Crippen molar-refractivity contribution in [1.29, 1.82) is 0 Å². The molecule has 0 saturated carbocycles. The molecule has 30 heavy (non-hydrogen) atoms. The number of methoxy groups -OCH3 is 1. The number of anilines is 1. The SMILES string of the molecule is COc1ccc(NC(=O)COC(=O)c2ccccc2-c2ccccc2)c([N+](=O)[O-])c1. The van der Waals surface area contributed by atoms with Gasteiger partial charge in [-0.1, -0.05) is 48.5 Å². The van der Waals surface area contributed by atoms with Crippen LogP contribution in [0.15, 0.2) is 72.8 Å². The van der Waals surface area contributed by atoms with Crippen LogP contribution in [0.5, 0.6) is 5.75 Å². The second kappa shape index (κ2) is 9.33. The van der Waals surface area contributed by atoms with Crippen molar-refractivity contribution in [1.82, 2.24) is 0 Å². The molecule has 152 valence electrons. The highest BCUT2D eigenvalue weighted by Crippen LogP contribution is 2.29. The number of carbonyl (C=O) groups excluding carboxylic acids is 2. The van der Waals surface area contributed by atoms with E-state index in [4.69, 9.17) is 9.47 Å². The summed E-state index contributed by atoms with van der Waals surface area (Å²) in [6, 6.07) is 20.2. The Hall–Kier alpha value is -4.20. The summed E-state index contributed by atoms with van der Waals surface area (Å²) in [7, 11) is 1.38. The van der Waals surface area contributed by atoms with Crippen LogP contribution >= 0.6 is 0 Å². The van der Waals surface area contributed by atoms with E-state index in [1.807, 2.05) is 30.3 Å². The van der Waals surface area contributed by atoms with Crippen LogP contribution in [0.25, 0.3) is 11.1 Å². The molecule has 0 unspecified atom stereocenters. The van der Waals surface area contributed by atoms with E-state index in [0.717, 1.165) is 5.56 Å². The molecule has 0 aliphatic carbocycles. The predicted octanol–water partition coefficient (Wildman–Crippen LogP) is 4.07. The van der Waals surface area contributed by atoms with Gasteiger partial charge in [0.1, 0.15) is 11.4 Å². The summed E-state index contributed by atoms with van der Waals surface area (Å²) in [5.41, 5.74) is 1.47. The highest BCUT2D eigenvalue weighted by molar-refractivity contribution is 6.00. The van der Waals surface area contributed by atoms with E-state index < -0.39 is 23.4 Å². The monoisotopic (exact) mass is 406 g/mol. The number of ether oxygens (including phenoxy) is 2. The maximum Gasteiger partial charge on any atom is 0.339 e. The molecule has 0 saturated heterocycles. The van der Waals surface area contributed by atoms with Gasteiger partial charge in [0, 0.05) is 0 Å². The Morgan fingerprint density at radius 2 is 1.70 bits per heavy atom. The minimum atomic E-state index is -0.700. The van der Waals surface area contributed by atoms with Crippen LogP contribution in [-0.4, -0.2) is 30.5 Å². The van der Waals surface area contributed by atoms with Crippen molar-refractivity contribution in [2.45, 2.75) is 0 Å². The number of nitrogens with one attached hydrogen (secondary N) is 1. The van der Waals surface area contributed by atoms with E-state index in [9.17, 15) is 19.7 Å². The molecule has 1 amide bonds. The molecular weight excluding hydrogens is 388 g/mol. The second-order valence-electron chi connectivity index (χ2n) is 6.18. The Labute approximate surface area is 172 Å². The van der Waals surface area contributed by atoms with Gasteiger partial charge >= 0.3 is 5.97 Å². The summed E-state index contributed by atoms with van der Waals surface area (Å²) in [4.78, 5) is 35.3. The molecule has 8 nitrogen and oxygen atoms in total. The molecule has 0 spiro atoms. The molecule has 0 aliphatic heterocycles. The van der Waals surface area contributed by atoms with E-state index in [1.54, 1.807) is 24.3 Å². The molecule has 3 aromatic carbocycles. The van der Waals surface area contributed by atoms with E-state index >= 15 is 0 Å². The Morgan fingerprint density at radius 1 is 1.00 bits per heavy atom. The Balaban J connectivity index is 1.69. The van der Waals surface area contributed by atoms with E-state index in [2.05, 4.69) is 5.32 Å². The van der Waals surface area contributed by atoms with Gasteiger partial charge in [0.25, 0.3) is 11.6 Å². The number of hydrogen-bond donors (Lipinski definition) is 1. The molecule has 1 N–H and O–H groups in total. The number of benzene rings is 3. The maximum absolute atomic E-state index is 12.5. The van der Waals surface area contributed by atoms with Crippen LogP contribution in [0.1, 0.15) is 10.4 Å². The highest BCUT2D eigenvalue weighted by Gasteiger charge is 2.19. The zero-order chi connectivity index (χ0) is 21.5. The van der Waals surface area contributed by atoms with E-state index in [-0.39, 0.29) is 17.1 Å². The summed E-state index contributed by atoms with van der Waals surface area (Å²) in [6.45, 7) is -0.592. The fraction of sp³-hybridized carbons (Fsp3) is 0.0909. The van der Waals surface area contributed by atoms with Crippen molar-refractivity contribution in [3.05, 3.63) is 88.5 Å². The quantitative estimate of drug-likeness (QED) is 0.360. The smallest absolute Gasteiger partial charge is 0.339 e. The predicted molar refractivity (Wildman–Crippen MR) is 110 cm³/mol. The Bertz CT molecular complexity index is 1080. The van der Waals surface area contributed by atoms with Crippen molar-refractivity contribution < 1.29 is 24.0 Å². The minimum Gasteiger partial charge on any atom is -0.496 e. The van der Waals surface area contributed by atoms with Crippen molar-refractivity contribution in [2.75, 3.05) is 19.0 Å². The number of carbonyl (C=O) groups is 2. The fourth-order valence-electron chi connectivity index (χ4n) is 2.82. The third-order valence-electron chi connectivity index (χ3n) is 4.24. The molecule has 0 aromatic heterocycles. The molecule has 0 radical (unpaired) electrons. The summed E-state index contributed by atoms with van der Waals surface area (Å²) < 4.78 is 10.1. The molecule has 3 rings (SSSR count). The van der Waals surface area contributed by atoms with Crippen molar-refractivity contribution in [3.63, 3.8) is 0 Å². The van der Waals surface area contributed by atoms with Gasteiger partial charge < -0.3 is 14.8 Å². The third kappa shape index (κ3) is 4.79. The number of nitro benzene ring substituents is 1. The lowest BCUT2D eigenvalue weighted by atomic mass is 10.00. The van der Waals surface area contributed by atoms with Gasteiger partial charge in [0.2, 0.25) is 0 Å². The normalized spacial score (nSPS) is 10.2. The molecular formula is C22H18N2O6. The average molecular weight is 406 g/mol. The lowest BCUT2D eigenvalue weighted by molar-refractivity contribution is -0.384. The Kier molecular flexibility index (Phi) is 6.39. The molecule has 0 atom stereocenters. The number of rotatable bonds is 7. The summed E-state index contributed by atoms with van der Waals surface area (Å²) in [5.74, 6) is -1.09. The lowest BCUT2D eigenvalue weighted by Crippen LogP contribution is -2.21. The first-order chi connectivity index (χ1) is 14.5. The summed E-state index contributed by atoms with van der Waals surface area (Å²) >= 11 is 0. The highest BCUT2D eigenvalue weighted by atomic mass is 16.6. The van der Waals surface area contributed by atoms with Crippen molar-refractivity contribution in [2.24, 2.45) is 0 Å². The van der Waals surface area contributed by atoms with E-state index in [1.165, 1.54) is 25.3 Å². The number of nitro groups is 1. The third-order valence-corrected chi connectivity index (χ3v) is 4.24. The van der Waals surface area contributed by atoms with Gasteiger partial charge in [-0.2, -0.15) is 0 Å². The fourth-order valence-corrected chi connectivity index (χ4v) is 2.82. The van der Waals surface area contributed by atoms with Crippen LogP contribution in [0, 0.1) is 10.1 Å². The first-order valence-corrected chi connectivity index (χ1v) is 8.93. The first-order valence-electron chi connectivity index (χ1n) is 8.93. The van der Waals surface area contributed by atoms with Gasteiger partial charge in [0.15, 0.2) is 6.61 Å². The molecule has 0 heterocycles. The molecule has 0 aliphatic rings. The largest absolute Gasteiger partial charge is 0.496 e. The van der Waals surface area contributed by atoms with Gasteiger partial charge in [-0.25, -0.2) is 4.79 Å². The van der Waals surface area contributed by atoms with E-state index in [0.29, 0.717) is 11.1 Å². The van der Waals surface area contributed by atoms with Crippen LogP contribution in [0.4, 0.5) is 11.4 Å². The average Bonchev–Trinajstić information content (AvgIpc) is 2.78. The zero-order valence-electron chi connectivity index (χ0n) is 16.0. The van der Waals surface area contributed by atoms with Gasteiger partial charge in [-0.05, 0) is 29.3 Å². The summed E-state index contributed by atoms with van der Waals surface area (Å²) in [6.07, 6.45) is 0. The molecule has 3 aromatic rings. The number of amides is 1. The number of hydrogen-bond acceptors (Lipinski definition) is 6. The second-order valence-corrected chi connectivity index (χ2v) is 6.18. The van der Waals surface area contributed by atoms with Gasteiger partial charge in [-0.3, -0.25) is 14.9 Å². The maximum atomic E-state index is 12.5. The van der Waals surface area contributed by atoms with Crippen LogP contribution in [0.2, 0.25) is 0 Å². The standard InChI is InChI=1S/C22H18N2O6/c1-29-16-11-12-19(20(13-16)24(27)28)23-21(25)14-30-22(26)18-10-6-5-9-17(18)15-7-3-2-4-8-15/h2-13H,14H2,1H3,(H,23,25). The molecule has 0 fully saturated rings. The lowest BCUT2D eigenvalue weighted by Gasteiger charge is -2.10. The first kappa shape index (κ1) is 20.5. The number of nitrogens with zero attached hydrogens (tertiary/aromatic N) is 1. The van der Waals surface area contributed by atoms with Crippen LogP contribution in [0.3, 0.4) is 0 Å². The molecule has 0 bridgehead atoms. The zero-order valence-corrected chi connectivity index (χ0v) is 16.0.